The summed E-state index contributed by atoms with van der Waals surface area (Å²) in [6.07, 6.45) is 4.47. The molecule has 0 fully saturated rings. The normalized spacial score (nSPS) is 11.3. The molecule has 0 aliphatic heterocycles. The van der Waals surface area contributed by atoms with E-state index in [1.165, 1.54) is 7.11 Å². The van der Waals surface area contributed by atoms with E-state index in [0.717, 1.165) is 41.7 Å². The monoisotopic (exact) mass is 426 g/mol. The van der Waals surface area contributed by atoms with Crippen LogP contribution in [-0.4, -0.2) is 40.3 Å². The first kappa shape index (κ1) is 22.5. The average Bonchev–Trinajstić information content (AvgIpc) is 3.31. The predicted molar refractivity (Wildman–Crippen MR) is 118 cm³/mol. The minimum absolute atomic E-state index is 0.109. The molecule has 1 amide bonds. The highest BCUT2D eigenvalue weighted by Crippen LogP contribution is 2.30. The van der Waals surface area contributed by atoms with Crippen molar-refractivity contribution < 1.29 is 18.7 Å². The number of furan rings is 1. The highest BCUT2D eigenvalue weighted by molar-refractivity contribution is 6.06. The quantitative estimate of drug-likeness (QED) is 0.403. The maximum absolute atomic E-state index is 13.0. The van der Waals surface area contributed by atoms with Gasteiger partial charge in [0.15, 0.2) is 5.65 Å². The van der Waals surface area contributed by atoms with Gasteiger partial charge in [0.05, 0.1) is 30.0 Å². The van der Waals surface area contributed by atoms with E-state index in [1.54, 1.807) is 12.3 Å². The zero-order valence-corrected chi connectivity index (χ0v) is 18.8. The van der Waals surface area contributed by atoms with Crippen LogP contribution in [-0.2, 0) is 9.53 Å². The Hall–Kier alpha value is -3.16. The molecule has 0 atom stereocenters. The maximum atomic E-state index is 13.0. The Balaban J connectivity index is 1.82. The van der Waals surface area contributed by atoms with Gasteiger partial charge in [-0.25, -0.2) is 9.67 Å². The van der Waals surface area contributed by atoms with E-state index < -0.39 is 0 Å². The molecule has 3 rings (SSSR count). The van der Waals surface area contributed by atoms with Crippen LogP contribution < -0.4 is 5.32 Å². The third-order valence-corrected chi connectivity index (χ3v) is 5.19. The molecular weight excluding hydrogens is 396 g/mol. The van der Waals surface area contributed by atoms with Gasteiger partial charge in [-0.15, -0.1) is 0 Å². The number of ether oxygens (including phenoxy) is 1. The van der Waals surface area contributed by atoms with Crippen molar-refractivity contribution in [3.63, 3.8) is 0 Å². The molecule has 8 heteroatoms. The minimum atomic E-state index is -0.206. The summed E-state index contributed by atoms with van der Waals surface area (Å²) in [5.41, 5.74) is 2.77. The standard InChI is InChI=1S/C23H30N4O4/c1-14(2)27-22-19(13-25-27)18(12-20(26-22)17-11-15(3)31-16(17)4)23(29)24-10-8-6-7-9-21(28)30-5/h11-14H,6-10H2,1-5H3,(H,24,29). The van der Waals surface area contributed by atoms with Gasteiger partial charge >= 0.3 is 5.97 Å². The van der Waals surface area contributed by atoms with Crippen LogP contribution in [0.2, 0.25) is 0 Å². The lowest BCUT2D eigenvalue weighted by Crippen LogP contribution is -2.25. The summed E-state index contributed by atoms with van der Waals surface area (Å²) in [6.45, 7) is 8.37. The zero-order chi connectivity index (χ0) is 22.5. The van der Waals surface area contributed by atoms with E-state index in [9.17, 15) is 9.59 Å². The predicted octanol–water partition coefficient (Wildman–Crippen LogP) is 4.35. The van der Waals surface area contributed by atoms with Crippen molar-refractivity contribution >= 4 is 22.9 Å². The van der Waals surface area contributed by atoms with Crippen molar-refractivity contribution in [3.05, 3.63) is 35.4 Å². The lowest BCUT2D eigenvalue weighted by atomic mass is 10.1. The second kappa shape index (κ2) is 9.76. The third-order valence-electron chi connectivity index (χ3n) is 5.19. The summed E-state index contributed by atoms with van der Waals surface area (Å²) in [4.78, 5) is 29.0. The number of hydrogen-bond donors (Lipinski definition) is 1. The molecule has 0 saturated carbocycles. The van der Waals surface area contributed by atoms with E-state index >= 15 is 0 Å². The Bertz CT molecular complexity index is 1080. The molecule has 3 aromatic rings. The number of nitrogens with one attached hydrogen (secondary N) is 1. The van der Waals surface area contributed by atoms with Crippen LogP contribution in [0.1, 0.15) is 67.5 Å². The van der Waals surface area contributed by atoms with Crippen LogP contribution in [0.15, 0.2) is 22.7 Å². The molecule has 0 bridgehead atoms. The molecule has 0 radical (unpaired) electrons. The Morgan fingerprint density at radius 1 is 1.19 bits per heavy atom. The zero-order valence-electron chi connectivity index (χ0n) is 18.8. The van der Waals surface area contributed by atoms with E-state index in [-0.39, 0.29) is 17.9 Å². The number of unbranched alkanes of at least 4 members (excludes halogenated alkanes) is 2. The second-order valence-electron chi connectivity index (χ2n) is 7.94. The van der Waals surface area contributed by atoms with Crippen molar-refractivity contribution in [1.29, 1.82) is 0 Å². The molecule has 31 heavy (non-hydrogen) atoms. The van der Waals surface area contributed by atoms with Crippen LogP contribution in [0.5, 0.6) is 0 Å². The van der Waals surface area contributed by atoms with Gasteiger partial charge in [0.2, 0.25) is 0 Å². The number of rotatable bonds is 9. The lowest BCUT2D eigenvalue weighted by Gasteiger charge is -2.11. The van der Waals surface area contributed by atoms with Crippen LogP contribution in [0.3, 0.4) is 0 Å². The van der Waals surface area contributed by atoms with Gasteiger partial charge in [-0.3, -0.25) is 9.59 Å². The summed E-state index contributed by atoms with van der Waals surface area (Å²) in [5.74, 6) is 1.19. The van der Waals surface area contributed by atoms with Crippen molar-refractivity contribution in [2.45, 2.75) is 59.4 Å². The number of hydrogen-bond acceptors (Lipinski definition) is 6. The first-order valence-electron chi connectivity index (χ1n) is 10.6. The molecule has 0 spiro atoms. The topological polar surface area (TPSA) is 99.2 Å². The molecule has 0 unspecified atom stereocenters. The van der Waals surface area contributed by atoms with Crippen LogP contribution in [0.25, 0.3) is 22.3 Å². The molecule has 0 aliphatic rings. The summed E-state index contributed by atoms with van der Waals surface area (Å²) < 4.78 is 12.1. The van der Waals surface area contributed by atoms with Crippen LogP contribution >= 0.6 is 0 Å². The van der Waals surface area contributed by atoms with Gasteiger partial charge in [0.1, 0.15) is 11.5 Å². The maximum Gasteiger partial charge on any atom is 0.305 e. The van der Waals surface area contributed by atoms with E-state index in [2.05, 4.69) is 15.2 Å². The number of esters is 1. The fraction of sp³-hybridized carbons (Fsp3) is 0.478. The fourth-order valence-corrected chi connectivity index (χ4v) is 3.58. The van der Waals surface area contributed by atoms with Crippen molar-refractivity contribution in [2.75, 3.05) is 13.7 Å². The Morgan fingerprint density at radius 3 is 2.61 bits per heavy atom. The van der Waals surface area contributed by atoms with Gasteiger partial charge in [-0.2, -0.15) is 5.10 Å². The number of amides is 1. The SMILES string of the molecule is COC(=O)CCCCCNC(=O)c1cc(-c2cc(C)oc2C)nc2c1cnn2C(C)C. The average molecular weight is 427 g/mol. The number of methoxy groups -OCH3 is 1. The Labute approximate surface area is 182 Å². The van der Waals surface area contributed by atoms with Crippen molar-refractivity contribution in [1.82, 2.24) is 20.1 Å². The number of aryl methyl sites for hydroxylation is 2. The Morgan fingerprint density at radius 2 is 1.97 bits per heavy atom. The molecule has 8 nitrogen and oxygen atoms in total. The Kier molecular flexibility index (Phi) is 7.09. The number of nitrogens with zero attached hydrogens (tertiary/aromatic N) is 3. The number of fused-ring (bicyclic) bond motifs is 1. The highest BCUT2D eigenvalue weighted by atomic mass is 16.5. The number of aromatic nitrogens is 3. The summed E-state index contributed by atoms with van der Waals surface area (Å²) in [6, 6.07) is 3.85. The third kappa shape index (κ3) is 5.13. The highest BCUT2D eigenvalue weighted by Gasteiger charge is 2.20. The van der Waals surface area contributed by atoms with Gasteiger partial charge in [0, 0.05) is 24.6 Å². The smallest absolute Gasteiger partial charge is 0.305 e. The lowest BCUT2D eigenvalue weighted by molar-refractivity contribution is -0.140. The second-order valence-corrected chi connectivity index (χ2v) is 7.94. The molecule has 3 heterocycles. The number of pyridine rings is 1. The summed E-state index contributed by atoms with van der Waals surface area (Å²) in [7, 11) is 1.39. The molecule has 3 aromatic heterocycles. The van der Waals surface area contributed by atoms with Gasteiger partial charge in [-0.05, 0) is 52.7 Å². The molecule has 0 saturated heterocycles. The minimum Gasteiger partial charge on any atom is -0.469 e. The van der Waals surface area contributed by atoms with E-state index in [1.807, 2.05) is 38.4 Å². The van der Waals surface area contributed by atoms with Crippen molar-refractivity contribution in [2.24, 2.45) is 0 Å². The first-order valence-corrected chi connectivity index (χ1v) is 10.6. The van der Waals surface area contributed by atoms with E-state index in [0.29, 0.717) is 29.9 Å². The molecule has 166 valence electrons. The molecule has 0 aliphatic carbocycles. The number of carbonyl (C=O) groups is 2. The number of carbonyl (C=O) groups excluding carboxylic acids is 2. The van der Waals surface area contributed by atoms with Gasteiger partial charge < -0.3 is 14.5 Å². The molecule has 1 N–H and O–H groups in total. The largest absolute Gasteiger partial charge is 0.469 e. The van der Waals surface area contributed by atoms with Gasteiger partial charge in [-0.1, -0.05) is 6.42 Å². The molecule has 0 aromatic carbocycles. The van der Waals surface area contributed by atoms with Crippen molar-refractivity contribution in [3.8, 4) is 11.3 Å². The summed E-state index contributed by atoms with van der Waals surface area (Å²) in [5, 5.41) is 8.16. The van der Waals surface area contributed by atoms with Crippen LogP contribution in [0, 0.1) is 13.8 Å². The van der Waals surface area contributed by atoms with E-state index in [4.69, 9.17) is 9.40 Å². The fourth-order valence-electron chi connectivity index (χ4n) is 3.58. The van der Waals surface area contributed by atoms with Gasteiger partial charge in [0.25, 0.3) is 5.91 Å². The first-order chi connectivity index (χ1) is 14.8. The van der Waals surface area contributed by atoms with Crippen LogP contribution in [0.4, 0.5) is 0 Å². The molecular formula is C23H30N4O4. The summed E-state index contributed by atoms with van der Waals surface area (Å²) >= 11 is 0.